The molecule has 0 saturated carbocycles. The van der Waals surface area contributed by atoms with Crippen LogP contribution in [0.2, 0.25) is 0 Å². The van der Waals surface area contributed by atoms with Crippen molar-refractivity contribution < 1.29 is 13.9 Å². The number of fused-ring (bicyclic) bond motifs is 1. The number of likely N-dealkylation sites (tertiary alicyclic amines) is 1. The maximum atomic E-state index is 13.8. The minimum atomic E-state index is -0.291. The van der Waals surface area contributed by atoms with E-state index in [0.717, 1.165) is 13.0 Å². The molecular weight excluding hydrogens is 269 g/mol. The highest BCUT2D eigenvalue weighted by Crippen LogP contribution is 2.25. The van der Waals surface area contributed by atoms with Crippen molar-refractivity contribution >= 4 is 16.7 Å². The topological polar surface area (TPSA) is 29.5 Å². The van der Waals surface area contributed by atoms with Gasteiger partial charge in [0.2, 0.25) is 0 Å². The third-order valence-corrected chi connectivity index (χ3v) is 4.08. The molecule has 1 aliphatic heterocycles. The molecule has 3 nitrogen and oxygen atoms in total. The lowest BCUT2D eigenvalue weighted by Crippen LogP contribution is -2.29. The molecule has 0 radical (unpaired) electrons. The van der Waals surface area contributed by atoms with Crippen LogP contribution in [0.15, 0.2) is 36.4 Å². The van der Waals surface area contributed by atoms with E-state index in [2.05, 4.69) is 0 Å². The maximum absolute atomic E-state index is 13.8. The van der Waals surface area contributed by atoms with Crippen LogP contribution in [0.4, 0.5) is 4.39 Å². The molecule has 0 aromatic heterocycles. The average molecular weight is 287 g/mol. The van der Waals surface area contributed by atoms with E-state index in [-0.39, 0.29) is 11.7 Å². The largest absolute Gasteiger partial charge is 0.384 e. The highest BCUT2D eigenvalue weighted by atomic mass is 19.1. The number of nitrogens with zero attached hydrogens (tertiary/aromatic N) is 1. The Morgan fingerprint density at radius 1 is 1.29 bits per heavy atom. The van der Waals surface area contributed by atoms with Crippen molar-refractivity contribution in [3.05, 3.63) is 47.8 Å². The van der Waals surface area contributed by atoms with Gasteiger partial charge in [0, 0.05) is 37.1 Å². The van der Waals surface area contributed by atoms with E-state index in [1.54, 1.807) is 31.4 Å². The third-order valence-electron chi connectivity index (χ3n) is 4.08. The number of hydrogen-bond acceptors (Lipinski definition) is 2. The summed E-state index contributed by atoms with van der Waals surface area (Å²) in [5.74, 6) is 0.0799. The quantitative estimate of drug-likeness (QED) is 0.868. The maximum Gasteiger partial charge on any atom is 0.254 e. The lowest BCUT2D eigenvalue weighted by Gasteiger charge is -2.18. The van der Waals surface area contributed by atoms with Crippen LogP contribution in [0.3, 0.4) is 0 Å². The molecule has 2 aromatic carbocycles. The summed E-state index contributed by atoms with van der Waals surface area (Å²) in [6, 6.07) is 10.1. The Morgan fingerprint density at radius 2 is 2.05 bits per heavy atom. The Hall–Kier alpha value is -1.94. The first-order chi connectivity index (χ1) is 10.2. The van der Waals surface area contributed by atoms with Crippen molar-refractivity contribution in [2.45, 2.75) is 6.42 Å². The average Bonchev–Trinajstić information content (AvgIpc) is 2.96. The normalized spacial score (nSPS) is 18.4. The van der Waals surface area contributed by atoms with Crippen LogP contribution in [0.25, 0.3) is 10.8 Å². The van der Waals surface area contributed by atoms with Crippen LogP contribution in [-0.2, 0) is 4.74 Å². The minimum Gasteiger partial charge on any atom is -0.384 e. The molecule has 1 fully saturated rings. The van der Waals surface area contributed by atoms with Gasteiger partial charge in [-0.3, -0.25) is 4.79 Å². The first kappa shape index (κ1) is 14.0. The molecule has 21 heavy (non-hydrogen) atoms. The van der Waals surface area contributed by atoms with E-state index < -0.39 is 0 Å². The molecule has 1 saturated heterocycles. The van der Waals surface area contributed by atoms with Gasteiger partial charge in [-0.1, -0.05) is 24.3 Å². The molecule has 110 valence electrons. The van der Waals surface area contributed by atoms with E-state index in [1.807, 2.05) is 11.0 Å². The second kappa shape index (κ2) is 5.82. The predicted molar refractivity (Wildman–Crippen MR) is 79.8 cm³/mol. The molecule has 0 N–H and O–H groups in total. The van der Waals surface area contributed by atoms with Crippen LogP contribution in [0.1, 0.15) is 16.8 Å². The highest BCUT2D eigenvalue weighted by Gasteiger charge is 2.27. The molecule has 1 amide bonds. The van der Waals surface area contributed by atoms with Gasteiger partial charge in [0.1, 0.15) is 5.82 Å². The molecule has 2 aromatic rings. The number of rotatable bonds is 3. The summed E-state index contributed by atoms with van der Waals surface area (Å²) in [6.45, 7) is 2.12. The summed E-state index contributed by atoms with van der Waals surface area (Å²) in [6.07, 6.45) is 0.957. The standard InChI is InChI=1S/C17H18FNO2/c1-21-11-12-8-9-19(10-12)17(20)15-6-7-16(18)14-5-3-2-4-13(14)15/h2-7,12H,8-11H2,1H3. The number of carbonyl (C=O) groups excluding carboxylic acids is 1. The van der Waals surface area contributed by atoms with Crippen molar-refractivity contribution in [2.75, 3.05) is 26.8 Å². The van der Waals surface area contributed by atoms with Gasteiger partial charge in [-0.05, 0) is 23.9 Å². The summed E-state index contributed by atoms with van der Waals surface area (Å²) >= 11 is 0. The molecular formula is C17H18FNO2. The molecule has 1 aliphatic rings. The Kier molecular flexibility index (Phi) is 3.88. The van der Waals surface area contributed by atoms with Gasteiger partial charge in [-0.2, -0.15) is 0 Å². The Balaban J connectivity index is 1.91. The molecule has 1 unspecified atom stereocenters. The predicted octanol–water partition coefficient (Wildman–Crippen LogP) is 3.09. The zero-order valence-electron chi connectivity index (χ0n) is 12.0. The number of benzene rings is 2. The van der Waals surface area contributed by atoms with Crippen LogP contribution < -0.4 is 0 Å². The summed E-state index contributed by atoms with van der Waals surface area (Å²) in [7, 11) is 1.68. The second-order valence-corrected chi connectivity index (χ2v) is 5.50. The van der Waals surface area contributed by atoms with Gasteiger partial charge in [0.15, 0.2) is 0 Å². The molecule has 0 spiro atoms. The van der Waals surface area contributed by atoms with Gasteiger partial charge >= 0.3 is 0 Å². The van der Waals surface area contributed by atoms with Crippen LogP contribution in [0, 0.1) is 11.7 Å². The lowest BCUT2D eigenvalue weighted by molar-refractivity contribution is 0.0777. The first-order valence-corrected chi connectivity index (χ1v) is 7.16. The molecule has 1 atom stereocenters. The first-order valence-electron chi connectivity index (χ1n) is 7.16. The van der Waals surface area contributed by atoms with Crippen molar-refractivity contribution in [3.63, 3.8) is 0 Å². The van der Waals surface area contributed by atoms with E-state index in [1.165, 1.54) is 6.07 Å². The molecule has 0 bridgehead atoms. The van der Waals surface area contributed by atoms with E-state index in [4.69, 9.17) is 4.74 Å². The van der Waals surface area contributed by atoms with Crippen molar-refractivity contribution in [3.8, 4) is 0 Å². The fourth-order valence-corrected chi connectivity index (χ4v) is 3.01. The third kappa shape index (κ3) is 2.63. The molecule has 3 rings (SSSR count). The SMILES string of the molecule is COCC1CCN(C(=O)c2ccc(F)c3ccccc23)C1. The minimum absolute atomic E-state index is 0.0233. The Labute approximate surface area is 123 Å². The van der Waals surface area contributed by atoms with Crippen molar-refractivity contribution in [1.82, 2.24) is 4.90 Å². The van der Waals surface area contributed by atoms with Gasteiger partial charge in [-0.25, -0.2) is 4.39 Å². The molecule has 0 aliphatic carbocycles. The Bertz CT molecular complexity index is 671. The second-order valence-electron chi connectivity index (χ2n) is 5.50. The number of carbonyl (C=O) groups is 1. The summed E-state index contributed by atoms with van der Waals surface area (Å²) in [5.41, 5.74) is 0.574. The van der Waals surface area contributed by atoms with E-state index in [0.29, 0.717) is 35.4 Å². The smallest absolute Gasteiger partial charge is 0.254 e. The van der Waals surface area contributed by atoms with E-state index in [9.17, 15) is 9.18 Å². The number of halogens is 1. The van der Waals surface area contributed by atoms with Crippen LogP contribution in [-0.4, -0.2) is 37.6 Å². The van der Waals surface area contributed by atoms with Crippen LogP contribution in [0.5, 0.6) is 0 Å². The van der Waals surface area contributed by atoms with Gasteiger partial charge in [0.25, 0.3) is 5.91 Å². The highest BCUT2D eigenvalue weighted by molar-refractivity contribution is 6.07. The van der Waals surface area contributed by atoms with E-state index >= 15 is 0 Å². The molecule has 4 heteroatoms. The lowest BCUT2D eigenvalue weighted by atomic mass is 10.0. The summed E-state index contributed by atoms with van der Waals surface area (Å²) < 4.78 is 19.0. The monoisotopic (exact) mass is 287 g/mol. The number of methoxy groups -OCH3 is 1. The fraction of sp³-hybridized carbons (Fsp3) is 0.353. The van der Waals surface area contributed by atoms with Gasteiger partial charge < -0.3 is 9.64 Å². The number of amides is 1. The summed E-state index contributed by atoms with van der Waals surface area (Å²) in [4.78, 5) is 14.5. The fourth-order valence-electron chi connectivity index (χ4n) is 3.01. The van der Waals surface area contributed by atoms with Crippen molar-refractivity contribution in [1.29, 1.82) is 0 Å². The zero-order valence-corrected chi connectivity index (χ0v) is 12.0. The summed E-state index contributed by atoms with van der Waals surface area (Å²) in [5, 5.41) is 1.17. The number of ether oxygens (including phenoxy) is 1. The molecule has 1 heterocycles. The van der Waals surface area contributed by atoms with Gasteiger partial charge in [0.05, 0.1) is 6.61 Å². The van der Waals surface area contributed by atoms with Gasteiger partial charge in [-0.15, -0.1) is 0 Å². The van der Waals surface area contributed by atoms with Crippen molar-refractivity contribution in [2.24, 2.45) is 5.92 Å². The van der Waals surface area contributed by atoms with Crippen LogP contribution >= 0.6 is 0 Å². The number of hydrogen-bond donors (Lipinski definition) is 0. The zero-order chi connectivity index (χ0) is 14.8. The Morgan fingerprint density at radius 3 is 2.81 bits per heavy atom.